The van der Waals surface area contributed by atoms with Crippen molar-refractivity contribution in [3.8, 4) is 0 Å². The Hall–Kier alpha value is -0.570. The molecule has 1 aromatic carbocycles. The van der Waals surface area contributed by atoms with Gasteiger partial charge in [0.15, 0.2) is 0 Å². The molecule has 0 amide bonds. The summed E-state index contributed by atoms with van der Waals surface area (Å²) in [6, 6.07) is 8.24. The Kier molecular flexibility index (Phi) is 4.43. The van der Waals surface area contributed by atoms with Crippen molar-refractivity contribution >= 4 is 11.6 Å². The lowest BCUT2D eigenvalue weighted by atomic mass is 9.93. The maximum Gasteiger partial charge on any atom is 0.0474 e. The first-order valence-electron chi connectivity index (χ1n) is 6.33. The quantitative estimate of drug-likeness (QED) is 0.891. The first-order chi connectivity index (χ1) is 8.24. The predicted octanol–water partition coefficient (Wildman–Crippen LogP) is 3.11. The Labute approximate surface area is 108 Å². The molecule has 2 rings (SSSR count). The van der Waals surface area contributed by atoms with Gasteiger partial charge in [0, 0.05) is 17.7 Å². The highest BCUT2D eigenvalue weighted by Crippen LogP contribution is 2.35. The summed E-state index contributed by atoms with van der Waals surface area (Å²) in [7, 11) is 0. The van der Waals surface area contributed by atoms with Gasteiger partial charge in [0.25, 0.3) is 0 Å². The molecule has 0 spiro atoms. The van der Waals surface area contributed by atoms with Gasteiger partial charge >= 0.3 is 0 Å². The van der Waals surface area contributed by atoms with Gasteiger partial charge in [-0.1, -0.05) is 36.7 Å². The van der Waals surface area contributed by atoms with Crippen molar-refractivity contribution in [2.75, 3.05) is 19.7 Å². The second kappa shape index (κ2) is 5.85. The molecule has 0 saturated carbocycles. The summed E-state index contributed by atoms with van der Waals surface area (Å²) in [6.07, 6.45) is 2.50. The number of likely N-dealkylation sites (tertiary alicyclic amines) is 1. The summed E-state index contributed by atoms with van der Waals surface area (Å²) in [5, 5.41) is 10.3. The van der Waals surface area contributed by atoms with E-state index < -0.39 is 0 Å². The zero-order valence-corrected chi connectivity index (χ0v) is 11.0. The van der Waals surface area contributed by atoms with Crippen molar-refractivity contribution in [2.24, 2.45) is 5.92 Å². The van der Waals surface area contributed by atoms with Crippen LogP contribution in [0.25, 0.3) is 0 Å². The molecule has 0 aromatic heterocycles. The fourth-order valence-corrected chi connectivity index (χ4v) is 2.95. The summed E-state index contributed by atoms with van der Waals surface area (Å²) in [6.45, 7) is 4.51. The maximum atomic E-state index is 9.45. The van der Waals surface area contributed by atoms with E-state index in [1.54, 1.807) is 0 Å². The Balaban J connectivity index is 2.29. The molecule has 1 aromatic rings. The molecule has 2 nitrogen and oxygen atoms in total. The maximum absolute atomic E-state index is 9.45. The fourth-order valence-electron chi connectivity index (χ4n) is 2.70. The minimum Gasteiger partial charge on any atom is -0.396 e. The average Bonchev–Trinajstić information content (AvgIpc) is 2.85. The summed E-state index contributed by atoms with van der Waals surface area (Å²) >= 11 is 6.29. The lowest BCUT2D eigenvalue weighted by Crippen LogP contribution is -2.32. The van der Waals surface area contributed by atoms with E-state index in [0.29, 0.717) is 0 Å². The lowest BCUT2D eigenvalue weighted by molar-refractivity contribution is 0.126. The molecule has 3 heteroatoms. The van der Waals surface area contributed by atoms with Crippen LogP contribution in [0.5, 0.6) is 0 Å². The van der Waals surface area contributed by atoms with Gasteiger partial charge in [-0.15, -0.1) is 0 Å². The fraction of sp³-hybridized carbons (Fsp3) is 0.571. The number of hydrogen-bond acceptors (Lipinski definition) is 2. The van der Waals surface area contributed by atoms with Gasteiger partial charge in [0.05, 0.1) is 0 Å². The van der Waals surface area contributed by atoms with E-state index >= 15 is 0 Å². The Morgan fingerprint density at radius 3 is 2.53 bits per heavy atom. The van der Waals surface area contributed by atoms with Crippen molar-refractivity contribution in [3.63, 3.8) is 0 Å². The number of aliphatic hydroxyl groups is 1. The molecule has 1 fully saturated rings. The molecule has 1 aliphatic rings. The van der Waals surface area contributed by atoms with E-state index in [9.17, 15) is 5.11 Å². The molecule has 0 bridgehead atoms. The highest BCUT2D eigenvalue weighted by atomic mass is 35.5. The molecule has 1 heterocycles. The minimum absolute atomic E-state index is 0.201. The molecule has 0 radical (unpaired) electrons. The molecule has 17 heavy (non-hydrogen) atoms. The summed E-state index contributed by atoms with van der Waals surface area (Å²) < 4.78 is 0. The van der Waals surface area contributed by atoms with Gasteiger partial charge in [-0.3, -0.25) is 4.90 Å². The van der Waals surface area contributed by atoms with Gasteiger partial charge in [-0.05, 0) is 43.5 Å². The molecule has 1 saturated heterocycles. The highest BCUT2D eigenvalue weighted by molar-refractivity contribution is 6.31. The van der Waals surface area contributed by atoms with Crippen molar-refractivity contribution < 1.29 is 5.11 Å². The molecule has 1 aliphatic heterocycles. The van der Waals surface area contributed by atoms with E-state index in [-0.39, 0.29) is 18.6 Å². The van der Waals surface area contributed by atoms with Crippen LogP contribution in [-0.2, 0) is 0 Å². The summed E-state index contributed by atoms with van der Waals surface area (Å²) in [5.41, 5.74) is 1.15. The van der Waals surface area contributed by atoms with Crippen LogP contribution >= 0.6 is 11.6 Å². The first kappa shape index (κ1) is 12.9. The molecular formula is C14H20ClNO. The SMILES string of the molecule is CC(CO)C(c1ccccc1Cl)N1CCCC1. The highest BCUT2D eigenvalue weighted by Gasteiger charge is 2.29. The van der Waals surface area contributed by atoms with Gasteiger partial charge in [-0.2, -0.15) is 0 Å². The van der Waals surface area contributed by atoms with Crippen molar-refractivity contribution in [1.82, 2.24) is 4.90 Å². The molecular weight excluding hydrogens is 234 g/mol. The number of hydrogen-bond donors (Lipinski definition) is 1. The smallest absolute Gasteiger partial charge is 0.0474 e. The topological polar surface area (TPSA) is 23.5 Å². The second-order valence-corrected chi connectivity index (χ2v) is 5.28. The Morgan fingerprint density at radius 1 is 1.29 bits per heavy atom. The zero-order chi connectivity index (χ0) is 12.3. The number of nitrogens with zero attached hydrogens (tertiary/aromatic N) is 1. The predicted molar refractivity (Wildman–Crippen MR) is 71.2 cm³/mol. The average molecular weight is 254 g/mol. The number of rotatable bonds is 4. The minimum atomic E-state index is 0.201. The van der Waals surface area contributed by atoms with Crippen molar-refractivity contribution in [2.45, 2.75) is 25.8 Å². The monoisotopic (exact) mass is 253 g/mol. The van der Waals surface area contributed by atoms with E-state index in [2.05, 4.69) is 17.9 Å². The first-order valence-corrected chi connectivity index (χ1v) is 6.71. The van der Waals surface area contributed by atoms with E-state index in [0.717, 1.165) is 23.7 Å². The van der Waals surface area contributed by atoms with Gasteiger partial charge in [-0.25, -0.2) is 0 Å². The van der Waals surface area contributed by atoms with Gasteiger partial charge in [0.2, 0.25) is 0 Å². The van der Waals surface area contributed by atoms with Crippen molar-refractivity contribution in [3.05, 3.63) is 34.9 Å². The molecule has 94 valence electrons. The van der Waals surface area contributed by atoms with E-state index in [1.807, 2.05) is 18.2 Å². The largest absolute Gasteiger partial charge is 0.396 e. The van der Waals surface area contributed by atoms with Crippen LogP contribution in [0.2, 0.25) is 5.02 Å². The Morgan fingerprint density at radius 2 is 1.94 bits per heavy atom. The molecule has 0 aliphatic carbocycles. The van der Waals surface area contributed by atoms with Gasteiger partial charge in [0.1, 0.15) is 0 Å². The standard InChI is InChI=1S/C14H20ClNO/c1-11(10-17)14(16-8-4-5-9-16)12-6-2-3-7-13(12)15/h2-3,6-7,11,14,17H,4-5,8-10H2,1H3. The Bertz CT molecular complexity index is 363. The summed E-state index contributed by atoms with van der Waals surface area (Å²) in [5.74, 6) is 0.216. The molecule has 1 N–H and O–H groups in total. The van der Waals surface area contributed by atoms with Crippen LogP contribution < -0.4 is 0 Å². The van der Waals surface area contributed by atoms with Crippen molar-refractivity contribution in [1.29, 1.82) is 0 Å². The van der Waals surface area contributed by atoms with Crippen LogP contribution in [-0.4, -0.2) is 29.7 Å². The normalized spacial score (nSPS) is 20.4. The number of halogens is 1. The molecule has 2 unspecified atom stereocenters. The third-order valence-corrected chi connectivity index (χ3v) is 3.93. The molecule has 2 atom stereocenters. The van der Waals surface area contributed by atoms with Crippen LogP contribution in [0.4, 0.5) is 0 Å². The summed E-state index contributed by atoms with van der Waals surface area (Å²) in [4.78, 5) is 2.45. The van der Waals surface area contributed by atoms with Gasteiger partial charge < -0.3 is 5.11 Å². The zero-order valence-electron chi connectivity index (χ0n) is 10.3. The lowest BCUT2D eigenvalue weighted by Gasteiger charge is -2.32. The van der Waals surface area contributed by atoms with Crippen LogP contribution in [0.1, 0.15) is 31.4 Å². The third kappa shape index (κ3) is 2.82. The third-order valence-electron chi connectivity index (χ3n) is 3.58. The van der Waals surface area contributed by atoms with Crippen LogP contribution in [0, 0.1) is 5.92 Å². The van der Waals surface area contributed by atoms with Crippen LogP contribution in [0.15, 0.2) is 24.3 Å². The second-order valence-electron chi connectivity index (χ2n) is 4.87. The van der Waals surface area contributed by atoms with Crippen LogP contribution in [0.3, 0.4) is 0 Å². The number of benzene rings is 1. The number of aliphatic hydroxyl groups excluding tert-OH is 1. The van der Waals surface area contributed by atoms with E-state index in [1.165, 1.54) is 12.8 Å². The van der Waals surface area contributed by atoms with E-state index in [4.69, 9.17) is 11.6 Å².